The normalized spacial score (nSPS) is 13.2. The summed E-state index contributed by atoms with van der Waals surface area (Å²) >= 11 is 0. The molecule has 2 heterocycles. The van der Waals surface area contributed by atoms with Gasteiger partial charge < -0.3 is 10.3 Å². The average molecular weight is 337 g/mol. The Labute approximate surface area is 134 Å². The lowest BCUT2D eigenvalue weighted by atomic mass is 10.1. The number of imidazole rings is 1. The molecule has 24 heavy (non-hydrogen) atoms. The molecule has 0 radical (unpaired) electrons. The van der Waals surface area contributed by atoms with Gasteiger partial charge in [-0.1, -0.05) is 0 Å². The molecule has 3 aromatic rings. The Kier molecular flexibility index (Phi) is 3.78. The predicted molar refractivity (Wildman–Crippen MR) is 83.0 cm³/mol. The Morgan fingerprint density at radius 3 is 2.67 bits per heavy atom. The second-order valence-corrected chi connectivity index (χ2v) is 5.26. The van der Waals surface area contributed by atoms with E-state index < -0.39 is 23.5 Å². The molecule has 0 saturated carbocycles. The third kappa shape index (κ3) is 2.61. The molecule has 0 aliphatic heterocycles. The van der Waals surface area contributed by atoms with E-state index in [4.69, 9.17) is 0 Å². The topological polar surface area (TPSA) is 75.6 Å². The number of hydrogen-bond acceptors (Lipinski definition) is 4. The van der Waals surface area contributed by atoms with Crippen LogP contribution in [0.3, 0.4) is 0 Å². The number of nitrogens with one attached hydrogen (secondary N) is 2. The van der Waals surface area contributed by atoms with E-state index in [1.807, 2.05) is 0 Å². The largest absolute Gasteiger partial charge is 0.416 e. The molecule has 9 heteroatoms. The number of H-pyrrole nitrogens is 1. The summed E-state index contributed by atoms with van der Waals surface area (Å²) in [5.74, 6) is 0.231. The number of anilines is 1. The predicted octanol–water partition coefficient (Wildman–Crippen LogP) is 2.79. The van der Waals surface area contributed by atoms with Crippen LogP contribution in [0.2, 0.25) is 0 Å². The lowest BCUT2D eigenvalue weighted by Gasteiger charge is -2.18. The smallest absolute Gasteiger partial charge is 0.372 e. The Morgan fingerprint density at radius 1 is 1.33 bits per heavy atom. The van der Waals surface area contributed by atoms with E-state index in [0.717, 1.165) is 12.1 Å². The molecular weight excluding hydrogens is 323 g/mol. The van der Waals surface area contributed by atoms with Crippen molar-refractivity contribution in [1.29, 1.82) is 0 Å². The van der Waals surface area contributed by atoms with Crippen molar-refractivity contribution < 1.29 is 13.2 Å². The van der Waals surface area contributed by atoms with Crippen molar-refractivity contribution in [3.8, 4) is 0 Å². The third-order valence-corrected chi connectivity index (χ3v) is 3.82. The standard InChI is InChI=1S/C15H14F3N5O/c1-8(11-6-20-7-21-11)23-12-5-9(15(16,17)18)3-4-10(12)13(19-2)22-14(23)24/h3-8H,1-2H3,(H,20,21)(H,19,22,24). The Hall–Kier alpha value is -2.84. The quantitative estimate of drug-likeness (QED) is 0.771. The fraction of sp³-hybridized carbons (Fsp3) is 0.267. The zero-order valence-electron chi connectivity index (χ0n) is 12.8. The number of alkyl halides is 3. The van der Waals surface area contributed by atoms with E-state index in [1.54, 1.807) is 20.2 Å². The minimum Gasteiger partial charge on any atom is -0.372 e. The summed E-state index contributed by atoms with van der Waals surface area (Å²) < 4.78 is 40.4. The van der Waals surface area contributed by atoms with Gasteiger partial charge in [0.1, 0.15) is 5.82 Å². The maximum Gasteiger partial charge on any atom is 0.416 e. The zero-order chi connectivity index (χ0) is 17.5. The Morgan fingerprint density at radius 2 is 2.08 bits per heavy atom. The lowest BCUT2D eigenvalue weighted by Crippen LogP contribution is -2.28. The monoisotopic (exact) mass is 337 g/mol. The van der Waals surface area contributed by atoms with E-state index in [9.17, 15) is 18.0 Å². The fourth-order valence-corrected chi connectivity index (χ4v) is 2.62. The van der Waals surface area contributed by atoms with Crippen molar-refractivity contribution in [1.82, 2.24) is 19.5 Å². The van der Waals surface area contributed by atoms with Gasteiger partial charge >= 0.3 is 11.9 Å². The number of rotatable bonds is 3. The van der Waals surface area contributed by atoms with Gasteiger partial charge in [0.25, 0.3) is 0 Å². The van der Waals surface area contributed by atoms with Gasteiger partial charge in [0, 0.05) is 18.6 Å². The van der Waals surface area contributed by atoms with E-state index in [-0.39, 0.29) is 11.3 Å². The van der Waals surface area contributed by atoms with Crippen LogP contribution < -0.4 is 11.0 Å². The molecule has 1 aromatic carbocycles. The van der Waals surface area contributed by atoms with Crippen molar-refractivity contribution in [2.75, 3.05) is 12.4 Å². The van der Waals surface area contributed by atoms with Gasteiger partial charge in [-0.3, -0.25) is 4.57 Å². The third-order valence-electron chi connectivity index (χ3n) is 3.82. The van der Waals surface area contributed by atoms with Gasteiger partial charge in [0.2, 0.25) is 0 Å². The van der Waals surface area contributed by atoms with Crippen LogP contribution in [0.1, 0.15) is 24.2 Å². The highest BCUT2D eigenvalue weighted by atomic mass is 19.4. The summed E-state index contributed by atoms with van der Waals surface area (Å²) in [7, 11) is 1.56. The zero-order valence-corrected chi connectivity index (χ0v) is 12.8. The van der Waals surface area contributed by atoms with Crippen molar-refractivity contribution >= 4 is 16.7 Å². The number of halogens is 3. The molecule has 2 aromatic heterocycles. The molecule has 0 fully saturated rings. The summed E-state index contributed by atoms with van der Waals surface area (Å²) in [5, 5.41) is 3.17. The first-order chi connectivity index (χ1) is 11.3. The van der Waals surface area contributed by atoms with Crippen LogP contribution in [0.5, 0.6) is 0 Å². The van der Waals surface area contributed by atoms with Gasteiger partial charge in [-0.05, 0) is 25.1 Å². The van der Waals surface area contributed by atoms with Crippen molar-refractivity contribution in [3.05, 3.63) is 52.5 Å². The molecule has 0 aliphatic carbocycles. The summed E-state index contributed by atoms with van der Waals surface area (Å²) in [6.45, 7) is 1.68. The number of nitrogens with zero attached hydrogens (tertiary/aromatic N) is 3. The van der Waals surface area contributed by atoms with Gasteiger partial charge in [-0.2, -0.15) is 18.2 Å². The minimum absolute atomic E-state index is 0.143. The summed E-state index contributed by atoms with van der Waals surface area (Å²) in [6.07, 6.45) is -1.48. The molecule has 0 saturated heterocycles. The molecule has 1 unspecified atom stereocenters. The van der Waals surface area contributed by atoms with Crippen LogP contribution in [-0.4, -0.2) is 26.6 Å². The molecule has 0 aliphatic rings. The first-order valence-corrected chi connectivity index (χ1v) is 7.13. The van der Waals surface area contributed by atoms with Crippen LogP contribution in [0, 0.1) is 0 Å². The van der Waals surface area contributed by atoms with E-state index in [2.05, 4.69) is 20.3 Å². The molecule has 6 nitrogen and oxygen atoms in total. The average Bonchev–Trinajstić information content (AvgIpc) is 3.06. The lowest BCUT2D eigenvalue weighted by molar-refractivity contribution is -0.137. The summed E-state index contributed by atoms with van der Waals surface area (Å²) in [5.41, 5.74) is -0.813. The number of fused-ring (bicyclic) bond motifs is 1. The molecule has 0 bridgehead atoms. The van der Waals surface area contributed by atoms with Crippen molar-refractivity contribution in [3.63, 3.8) is 0 Å². The second-order valence-electron chi connectivity index (χ2n) is 5.26. The van der Waals surface area contributed by atoms with Gasteiger partial charge in [0.05, 0.1) is 29.1 Å². The van der Waals surface area contributed by atoms with Crippen molar-refractivity contribution in [2.24, 2.45) is 0 Å². The van der Waals surface area contributed by atoms with Crippen molar-refractivity contribution in [2.45, 2.75) is 19.1 Å². The van der Waals surface area contributed by atoms with Gasteiger partial charge in [-0.15, -0.1) is 0 Å². The van der Waals surface area contributed by atoms with Gasteiger partial charge in [0.15, 0.2) is 0 Å². The van der Waals surface area contributed by atoms with Crippen LogP contribution in [0.4, 0.5) is 19.0 Å². The molecular formula is C15H14F3N5O. The Balaban J connectivity index is 2.34. The molecule has 126 valence electrons. The number of aromatic amines is 1. The molecule has 0 spiro atoms. The van der Waals surface area contributed by atoms with E-state index in [1.165, 1.54) is 17.0 Å². The SMILES string of the molecule is CNc1nc(=O)n(C(C)c2c[nH]cn2)c2cc(C(F)(F)F)ccc12. The maximum absolute atomic E-state index is 13.1. The minimum atomic E-state index is -4.51. The molecule has 3 rings (SSSR count). The number of hydrogen-bond donors (Lipinski definition) is 2. The van der Waals surface area contributed by atoms with Crippen LogP contribution in [-0.2, 0) is 6.18 Å². The number of benzene rings is 1. The van der Waals surface area contributed by atoms with Crippen LogP contribution in [0.15, 0.2) is 35.5 Å². The maximum atomic E-state index is 13.1. The molecule has 1 atom stereocenters. The van der Waals surface area contributed by atoms with Crippen LogP contribution in [0.25, 0.3) is 10.9 Å². The Bertz CT molecular complexity index is 931. The van der Waals surface area contributed by atoms with E-state index >= 15 is 0 Å². The first-order valence-electron chi connectivity index (χ1n) is 7.13. The molecule has 0 amide bonds. The summed E-state index contributed by atoms with van der Waals surface area (Å²) in [6, 6.07) is 2.67. The van der Waals surface area contributed by atoms with E-state index in [0.29, 0.717) is 11.1 Å². The highest BCUT2D eigenvalue weighted by molar-refractivity contribution is 5.90. The molecule has 2 N–H and O–H groups in total. The first kappa shape index (κ1) is 16.0. The highest BCUT2D eigenvalue weighted by Crippen LogP contribution is 2.33. The highest BCUT2D eigenvalue weighted by Gasteiger charge is 2.31. The van der Waals surface area contributed by atoms with Gasteiger partial charge in [-0.25, -0.2) is 9.78 Å². The second kappa shape index (κ2) is 5.66. The number of aromatic nitrogens is 4. The fourth-order valence-electron chi connectivity index (χ4n) is 2.62. The van der Waals surface area contributed by atoms with Crippen LogP contribution >= 0.6 is 0 Å². The summed E-state index contributed by atoms with van der Waals surface area (Å²) in [4.78, 5) is 23.2.